The number of ketones is 2. The second kappa shape index (κ2) is 6.86. The number of allylic oxidation sites excluding steroid dienone is 2. The molecule has 6 heteroatoms. The Balaban J connectivity index is 2.15. The number of benzene rings is 2. The fourth-order valence-corrected chi connectivity index (χ4v) is 3.68. The number of rotatable bonds is 3. The first-order chi connectivity index (χ1) is 11.9. The second-order valence-electron chi connectivity index (χ2n) is 5.52. The zero-order valence-corrected chi connectivity index (χ0v) is 15.1. The van der Waals surface area contributed by atoms with Gasteiger partial charge in [-0.15, -0.1) is 0 Å². The Bertz CT molecular complexity index is 919. The molecule has 0 N–H and O–H groups in total. The predicted octanol–water partition coefficient (Wildman–Crippen LogP) is 4.20. The van der Waals surface area contributed by atoms with Crippen molar-refractivity contribution in [3.05, 3.63) is 75.3 Å². The van der Waals surface area contributed by atoms with Crippen LogP contribution in [0.1, 0.15) is 27.6 Å². The second-order valence-corrected chi connectivity index (χ2v) is 7.04. The molecule has 1 aliphatic carbocycles. The summed E-state index contributed by atoms with van der Waals surface area (Å²) >= 11 is 7.06. The smallest absolute Gasteiger partial charge is 0.223 e. The number of Topliss-reactive ketones (excluding diaryl/α,β-unsaturated/α-hetero) is 2. The molecule has 0 atom stereocenters. The van der Waals surface area contributed by atoms with Gasteiger partial charge in [0.25, 0.3) is 0 Å². The minimum Gasteiger partial charge on any atom is -0.311 e. The molecule has 1 amide bonds. The van der Waals surface area contributed by atoms with Crippen LogP contribution in [0.25, 0.3) is 0 Å². The first-order valence-electron chi connectivity index (χ1n) is 7.50. The molecule has 0 radical (unpaired) electrons. The van der Waals surface area contributed by atoms with Crippen LogP contribution >= 0.6 is 23.4 Å². The molecule has 0 spiro atoms. The van der Waals surface area contributed by atoms with E-state index in [4.69, 9.17) is 11.6 Å². The Labute approximate surface area is 154 Å². The van der Waals surface area contributed by atoms with Gasteiger partial charge in [-0.05, 0) is 24.3 Å². The van der Waals surface area contributed by atoms with Crippen molar-refractivity contribution >= 4 is 40.8 Å². The standard InChI is InChI=1S/C19H14ClNO3S/c1-11(22)21(2)16-17(23)14-5-3-4-6-15(14)18(24)19(16)25-13-9-7-12(20)8-10-13/h3-10H,1-2H3. The van der Waals surface area contributed by atoms with Crippen molar-refractivity contribution in [1.82, 2.24) is 4.90 Å². The normalized spacial score (nSPS) is 13.7. The van der Waals surface area contributed by atoms with Crippen LogP contribution in [0.4, 0.5) is 0 Å². The van der Waals surface area contributed by atoms with E-state index in [9.17, 15) is 14.4 Å². The molecule has 4 nitrogen and oxygen atoms in total. The summed E-state index contributed by atoms with van der Waals surface area (Å²) in [4.78, 5) is 40.0. The van der Waals surface area contributed by atoms with E-state index < -0.39 is 0 Å². The fourth-order valence-electron chi connectivity index (χ4n) is 2.52. The summed E-state index contributed by atoms with van der Waals surface area (Å²) in [6, 6.07) is 13.6. The molecule has 0 bridgehead atoms. The van der Waals surface area contributed by atoms with E-state index in [1.807, 2.05) is 0 Å². The molecule has 0 fully saturated rings. The molecular weight excluding hydrogens is 358 g/mol. The van der Waals surface area contributed by atoms with Crippen LogP contribution in [0.3, 0.4) is 0 Å². The molecule has 1 aliphatic rings. The van der Waals surface area contributed by atoms with Gasteiger partial charge in [0.05, 0.1) is 4.91 Å². The van der Waals surface area contributed by atoms with E-state index >= 15 is 0 Å². The molecule has 25 heavy (non-hydrogen) atoms. The lowest BCUT2D eigenvalue weighted by molar-refractivity contribution is -0.125. The zero-order valence-electron chi connectivity index (χ0n) is 13.6. The minimum absolute atomic E-state index is 0.108. The zero-order chi connectivity index (χ0) is 18.1. The number of nitrogens with zero attached hydrogens (tertiary/aromatic N) is 1. The number of fused-ring (bicyclic) bond motifs is 1. The number of amides is 1. The van der Waals surface area contributed by atoms with Gasteiger partial charge in [-0.3, -0.25) is 14.4 Å². The van der Waals surface area contributed by atoms with Gasteiger partial charge < -0.3 is 4.90 Å². The third kappa shape index (κ3) is 3.25. The van der Waals surface area contributed by atoms with Crippen molar-refractivity contribution in [1.29, 1.82) is 0 Å². The van der Waals surface area contributed by atoms with Crippen LogP contribution in [0.15, 0.2) is 64.0 Å². The van der Waals surface area contributed by atoms with E-state index in [2.05, 4.69) is 0 Å². The van der Waals surface area contributed by atoms with E-state index in [1.165, 1.54) is 18.9 Å². The number of thioether (sulfide) groups is 1. The molecule has 126 valence electrons. The highest BCUT2D eigenvalue weighted by Gasteiger charge is 2.35. The minimum atomic E-state index is -0.329. The van der Waals surface area contributed by atoms with Gasteiger partial charge >= 0.3 is 0 Å². The molecule has 0 saturated carbocycles. The Morgan fingerprint density at radius 3 is 2.08 bits per heavy atom. The molecule has 0 aliphatic heterocycles. The summed E-state index contributed by atoms with van der Waals surface area (Å²) in [5.41, 5.74) is 0.775. The highest BCUT2D eigenvalue weighted by atomic mass is 35.5. The topological polar surface area (TPSA) is 54.5 Å². The molecule has 0 unspecified atom stereocenters. The maximum atomic E-state index is 13.0. The molecular formula is C19H14ClNO3S. The summed E-state index contributed by atoms with van der Waals surface area (Å²) < 4.78 is 0. The monoisotopic (exact) mass is 371 g/mol. The van der Waals surface area contributed by atoms with Gasteiger partial charge in [0.2, 0.25) is 17.5 Å². The quantitative estimate of drug-likeness (QED) is 0.811. The van der Waals surface area contributed by atoms with Crippen molar-refractivity contribution in [2.24, 2.45) is 0 Å². The molecule has 0 saturated heterocycles. The summed E-state index contributed by atoms with van der Waals surface area (Å²) in [5, 5.41) is 0.579. The average Bonchev–Trinajstić information content (AvgIpc) is 2.61. The number of carbonyl (C=O) groups excluding carboxylic acids is 3. The van der Waals surface area contributed by atoms with Crippen molar-refractivity contribution in [3.63, 3.8) is 0 Å². The molecule has 0 aromatic heterocycles. The Morgan fingerprint density at radius 2 is 1.52 bits per heavy atom. The Morgan fingerprint density at radius 1 is 0.960 bits per heavy atom. The average molecular weight is 372 g/mol. The van der Waals surface area contributed by atoms with Gasteiger partial charge in [0.15, 0.2) is 0 Å². The lowest BCUT2D eigenvalue weighted by Gasteiger charge is -2.26. The predicted molar refractivity (Wildman–Crippen MR) is 97.9 cm³/mol. The summed E-state index contributed by atoms with van der Waals surface area (Å²) in [6.07, 6.45) is 0. The van der Waals surface area contributed by atoms with Crippen LogP contribution in [0.2, 0.25) is 5.02 Å². The molecule has 3 rings (SSSR count). The number of carbonyl (C=O) groups is 3. The maximum Gasteiger partial charge on any atom is 0.223 e. The van der Waals surface area contributed by atoms with E-state index in [-0.39, 0.29) is 28.1 Å². The third-order valence-electron chi connectivity index (χ3n) is 3.89. The van der Waals surface area contributed by atoms with Crippen molar-refractivity contribution in [2.75, 3.05) is 7.05 Å². The summed E-state index contributed by atoms with van der Waals surface area (Å²) in [7, 11) is 1.50. The van der Waals surface area contributed by atoms with E-state index in [1.54, 1.807) is 48.5 Å². The van der Waals surface area contributed by atoms with Gasteiger partial charge in [-0.25, -0.2) is 0 Å². The van der Waals surface area contributed by atoms with Crippen LogP contribution in [0, 0.1) is 0 Å². The molecule has 2 aromatic rings. The van der Waals surface area contributed by atoms with Crippen LogP contribution in [-0.2, 0) is 4.79 Å². The van der Waals surface area contributed by atoms with Crippen LogP contribution in [0.5, 0.6) is 0 Å². The highest BCUT2D eigenvalue weighted by Crippen LogP contribution is 2.38. The largest absolute Gasteiger partial charge is 0.311 e. The van der Waals surface area contributed by atoms with E-state index in [0.29, 0.717) is 16.1 Å². The van der Waals surface area contributed by atoms with Gasteiger partial charge in [-0.1, -0.05) is 47.6 Å². The first kappa shape index (κ1) is 17.5. The van der Waals surface area contributed by atoms with Crippen molar-refractivity contribution in [2.45, 2.75) is 11.8 Å². The SMILES string of the molecule is CC(=O)N(C)C1=C(Sc2ccc(Cl)cc2)C(=O)c2ccccc2C1=O. The van der Waals surface area contributed by atoms with Crippen molar-refractivity contribution in [3.8, 4) is 0 Å². The Kier molecular flexibility index (Phi) is 4.79. The van der Waals surface area contributed by atoms with Crippen LogP contribution < -0.4 is 0 Å². The fraction of sp³-hybridized carbons (Fsp3) is 0.105. The summed E-state index contributed by atoms with van der Waals surface area (Å²) in [5.74, 6) is -0.910. The number of likely N-dealkylation sites (N-methyl/N-ethyl adjacent to an activating group) is 1. The highest BCUT2D eigenvalue weighted by molar-refractivity contribution is 8.04. The maximum absolute atomic E-state index is 13.0. The van der Waals surface area contributed by atoms with Gasteiger partial charge in [0, 0.05) is 35.0 Å². The van der Waals surface area contributed by atoms with E-state index in [0.717, 1.165) is 16.7 Å². The lowest BCUT2D eigenvalue weighted by Crippen LogP contribution is -2.33. The van der Waals surface area contributed by atoms with Crippen molar-refractivity contribution < 1.29 is 14.4 Å². The first-order valence-corrected chi connectivity index (χ1v) is 8.70. The number of halogens is 1. The lowest BCUT2D eigenvalue weighted by atomic mass is 9.92. The third-order valence-corrected chi connectivity index (χ3v) is 5.24. The van der Waals surface area contributed by atoms with Crippen LogP contribution in [-0.4, -0.2) is 29.4 Å². The molecule has 0 heterocycles. The Hall–Kier alpha value is -2.37. The molecule has 2 aromatic carbocycles. The van der Waals surface area contributed by atoms with Gasteiger partial charge in [0.1, 0.15) is 5.70 Å². The summed E-state index contributed by atoms with van der Waals surface area (Å²) in [6.45, 7) is 1.36. The van der Waals surface area contributed by atoms with Gasteiger partial charge in [-0.2, -0.15) is 0 Å². The number of hydrogen-bond acceptors (Lipinski definition) is 4. The number of hydrogen-bond donors (Lipinski definition) is 0.